The van der Waals surface area contributed by atoms with E-state index in [9.17, 15) is 0 Å². The summed E-state index contributed by atoms with van der Waals surface area (Å²) in [5.41, 5.74) is 9.25. The largest absolute Gasteiger partial charge is 0.459 e. The highest BCUT2D eigenvalue weighted by molar-refractivity contribution is 5.85. The van der Waals surface area contributed by atoms with E-state index in [1.807, 2.05) is 44.2 Å². The number of hydrogen-bond acceptors (Lipinski definition) is 6. The number of fused-ring (bicyclic) bond motifs is 1. The van der Waals surface area contributed by atoms with E-state index in [1.54, 1.807) is 6.26 Å². The highest BCUT2D eigenvalue weighted by Gasteiger charge is 2.23. The zero-order valence-corrected chi connectivity index (χ0v) is 13.8. The molecule has 2 aromatic heterocycles. The number of nitrogens with one attached hydrogen (secondary N) is 2. The Balaban J connectivity index is 1.61. The van der Waals surface area contributed by atoms with Crippen molar-refractivity contribution in [2.45, 2.75) is 38.3 Å². The van der Waals surface area contributed by atoms with Gasteiger partial charge in [0.2, 0.25) is 5.95 Å². The molecule has 4 N–H and O–H groups in total. The molecule has 1 fully saturated rings. The van der Waals surface area contributed by atoms with E-state index < -0.39 is 0 Å². The minimum atomic E-state index is -0.355. The molecular formula is C18H21N5O. The van der Waals surface area contributed by atoms with Gasteiger partial charge in [0.1, 0.15) is 5.52 Å². The van der Waals surface area contributed by atoms with Crippen LogP contribution in [0.15, 0.2) is 41.0 Å². The van der Waals surface area contributed by atoms with Crippen molar-refractivity contribution < 1.29 is 4.42 Å². The van der Waals surface area contributed by atoms with Crippen LogP contribution in [-0.4, -0.2) is 16.0 Å². The third kappa shape index (κ3) is 3.05. The van der Waals surface area contributed by atoms with E-state index in [1.165, 1.54) is 12.8 Å². The maximum atomic E-state index is 6.12. The molecule has 0 amide bonds. The van der Waals surface area contributed by atoms with E-state index in [2.05, 4.69) is 20.6 Å². The van der Waals surface area contributed by atoms with E-state index in [-0.39, 0.29) is 5.54 Å². The lowest BCUT2D eigenvalue weighted by molar-refractivity contribution is 0.554. The third-order valence-electron chi connectivity index (χ3n) is 4.11. The fourth-order valence-corrected chi connectivity index (χ4v) is 2.55. The Morgan fingerprint density at radius 2 is 1.88 bits per heavy atom. The highest BCUT2D eigenvalue weighted by Crippen LogP contribution is 2.30. The SMILES string of the molecule is CC(C)(N)c1ccc(Nc2nc(NC3CC3)c3occc3n2)cc1. The van der Waals surface area contributed by atoms with Crippen LogP contribution in [0.4, 0.5) is 17.5 Å². The molecule has 4 rings (SSSR count). The van der Waals surface area contributed by atoms with Crippen molar-refractivity contribution in [2.75, 3.05) is 10.6 Å². The van der Waals surface area contributed by atoms with Crippen molar-refractivity contribution in [3.05, 3.63) is 42.2 Å². The van der Waals surface area contributed by atoms with Gasteiger partial charge in [0, 0.05) is 23.3 Å². The number of furan rings is 1. The van der Waals surface area contributed by atoms with Crippen molar-refractivity contribution in [3.8, 4) is 0 Å². The number of rotatable bonds is 5. The number of aromatic nitrogens is 2. The van der Waals surface area contributed by atoms with Gasteiger partial charge < -0.3 is 20.8 Å². The lowest BCUT2D eigenvalue weighted by Crippen LogP contribution is -2.28. The maximum absolute atomic E-state index is 6.12. The second kappa shape index (κ2) is 5.49. The fourth-order valence-electron chi connectivity index (χ4n) is 2.55. The Labute approximate surface area is 140 Å². The molecule has 1 aliphatic rings. The van der Waals surface area contributed by atoms with E-state index in [4.69, 9.17) is 10.2 Å². The normalized spacial score (nSPS) is 14.8. The smallest absolute Gasteiger partial charge is 0.229 e. The topological polar surface area (TPSA) is 89.0 Å². The van der Waals surface area contributed by atoms with E-state index in [0.717, 1.165) is 22.6 Å². The molecule has 1 aromatic carbocycles. The van der Waals surface area contributed by atoms with Gasteiger partial charge in [-0.2, -0.15) is 4.98 Å². The zero-order valence-electron chi connectivity index (χ0n) is 13.8. The summed E-state index contributed by atoms with van der Waals surface area (Å²) in [5.74, 6) is 1.29. The van der Waals surface area contributed by atoms with Crippen LogP contribution in [0.3, 0.4) is 0 Å². The first-order valence-corrected chi connectivity index (χ1v) is 8.17. The molecule has 6 heteroatoms. The number of nitrogens with zero attached hydrogens (tertiary/aromatic N) is 2. The van der Waals surface area contributed by atoms with Gasteiger partial charge in [0.15, 0.2) is 11.4 Å². The Kier molecular flexibility index (Phi) is 3.42. The molecule has 24 heavy (non-hydrogen) atoms. The Morgan fingerprint density at radius 3 is 2.54 bits per heavy atom. The summed E-state index contributed by atoms with van der Waals surface area (Å²) in [6, 6.07) is 10.3. The predicted octanol–water partition coefficient (Wildman–Crippen LogP) is 3.73. The van der Waals surface area contributed by atoms with Gasteiger partial charge in [-0.3, -0.25) is 0 Å². The number of anilines is 3. The third-order valence-corrected chi connectivity index (χ3v) is 4.11. The Hall–Kier alpha value is -2.60. The zero-order chi connectivity index (χ0) is 16.7. The lowest BCUT2D eigenvalue weighted by Gasteiger charge is -2.19. The molecule has 0 spiro atoms. The first-order valence-electron chi connectivity index (χ1n) is 8.17. The first-order chi connectivity index (χ1) is 11.5. The molecule has 0 radical (unpaired) electrons. The molecule has 1 saturated carbocycles. The summed E-state index contributed by atoms with van der Waals surface area (Å²) in [6.45, 7) is 3.97. The molecule has 1 aliphatic carbocycles. The number of hydrogen-bond donors (Lipinski definition) is 3. The second-order valence-electron chi connectivity index (χ2n) is 6.87. The van der Waals surface area contributed by atoms with Gasteiger partial charge in [-0.1, -0.05) is 12.1 Å². The predicted molar refractivity (Wildman–Crippen MR) is 95.4 cm³/mol. The molecular weight excluding hydrogens is 302 g/mol. The monoisotopic (exact) mass is 323 g/mol. The molecule has 3 aromatic rings. The van der Waals surface area contributed by atoms with Crippen LogP contribution < -0.4 is 16.4 Å². The van der Waals surface area contributed by atoms with Gasteiger partial charge in [-0.15, -0.1) is 0 Å². The number of nitrogens with two attached hydrogens (primary N) is 1. The highest BCUT2D eigenvalue weighted by atomic mass is 16.3. The van der Waals surface area contributed by atoms with Crippen molar-refractivity contribution in [1.29, 1.82) is 0 Å². The van der Waals surface area contributed by atoms with Crippen molar-refractivity contribution in [1.82, 2.24) is 9.97 Å². The standard InChI is InChI=1S/C18H21N5O/c1-18(2,19)11-3-5-13(6-4-11)21-17-22-14-9-10-24-15(14)16(23-17)20-12-7-8-12/h3-6,9-10,12H,7-8,19H2,1-2H3,(H2,20,21,22,23). The quantitative estimate of drug-likeness (QED) is 0.663. The molecule has 124 valence electrons. The molecule has 0 aliphatic heterocycles. The average molecular weight is 323 g/mol. The summed E-state index contributed by atoms with van der Waals surface area (Å²) < 4.78 is 5.51. The summed E-state index contributed by atoms with van der Waals surface area (Å²) in [7, 11) is 0. The maximum Gasteiger partial charge on any atom is 0.229 e. The van der Waals surface area contributed by atoms with Crippen molar-refractivity contribution in [3.63, 3.8) is 0 Å². The van der Waals surface area contributed by atoms with Crippen LogP contribution in [0.1, 0.15) is 32.3 Å². The van der Waals surface area contributed by atoms with Crippen LogP contribution in [0.5, 0.6) is 0 Å². The van der Waals surface area contributed by atoms with Gasteiger partial charge >= 0.3 is 0 Å². The van der Waals surface area contributed by atoms with Crippen LogP contribution in [-0.2, 0) is 5.54 Å². The first kappa shape index (κ1) is 15.0. The van der Waals surface area contributed by atoms with Crippen molar-refractivity contribution in [2.24, 2.45) is 5.73 Å². The average Bonchev–Trinajstić information content (AvgIpc) is 3.21. The van der Waals surface area contributed by atoms with E-state index >= 15 is 0 Å². The molecule has 0 saturated heterocycles. The van der Waals surface area contributed by atoms with Crippen LogP contribution in [0.25, 0.3) is 11.1 Å². The van der Waals surface area contributed by atoms with Gasteiger partial charge in [0.05, 0.1) is 6.26 Å². The van der Waals surface area contributed by atoms with Crippen LogP contribution in [0.2, 0.25) is 0 Å². The Morgan fingerprint density at radius 1 is 1.12 bits per heavy atom. The summed E-state index contributed by atoms with van der Waals surface area (Å²) >= 11 is 0. The summed E-state index contributed by atoms with van der Waals surface area (Å²) in [5, 5.41) is 6.65. The lowest BCUT2D eigenvalue weighted by atomic mass is 9.96. The second-order valence-corrected chi connectivity index (χ2v) is 6.87. The molecule has 0 bridgehead atoms. The van der Waals surface area contributed by atoms with Crippen molar-refractivity contribution >= 4 is 28.6 Å². The minimum absolute atomic E-state index is 0.355. The minimum Gasteiger partial charge on any atom is -0.459 e. The molecule has 2 heterocycles. The number of benzene rings is 1. The molecule has 0 atom stereocenters. The Bertz CT molecular complexity index is 859. The van der Waals surface area contributed by atoms with E-state index in [0.29, 0.717) is 17.6 Å². The van der Waals surface area contributed by atoms with Gasteiger partial charge in [-0.05, 0) is 44.4 Å². The van der Waals surface area contributed by atoms with Gasteiger partial charge in [-0.25, -0.2) is 4.98 Å². The van der Waals surface area contributed by atoms with Crippen LogP contribution >= 0.6 is 0 Å². The summed E-state index contributed by atoms with van der Waals surface area (Å²) in [4.78, 5) is 9.08. The summed E-state index contributed by atoms with van der Waals surface area (Å²) in [6.07, 6.45) is 3.98. The molecule has 6 nitrogen and oxygen atoms in total. The fraction of sp³-hybridized carbons (Fsp3) is 0.333. The van der Waals surface area contributed by atoms with Crippen LogP contribution in [0, 0.1) is 0 Å². The molecule has 0 unspecified atom stereocenters. The van der Waals surface area contributed by atoms with Gasteiger partial charge in [0.25, 0.3) is 0 Å².